The first-order valence-corrected chi connectivity index (χ1v) is 5.05. The minimum atomic E-state index is -0.0844. The fourth-order valence-electron chi connectivity index (χ4n) is 1.71. The van der Waals surface area contributed by atoms with Crippen LogP contribution in [-0.4, -0.2) is 20.1 Å². The second-order valence-corrected chi connectivity index (χ2v) is 3.47. The Morgan fingerprint density at radius 1 is 1.25 bits per heavy atom. The van der Waals surface area contributed by atoms with E-state index in [1.807, 2.05) is 30.3 Å². The molecular weight excluding hydrogens is 202 g/mol. The molecule has 0 aliphatic carbocycles. The third-order valence-electron chi connectivity index (χ3n) is 2.56. The van der Waals surface area contributed by atoms with Gasteiger partial charge in [0.25, 0.3) is 5.91 Å². The Kier molecular flexibility index (Phi) is 2.77. The van der Waals surface area contributed by atoms with Gasteiger partial charge in [0.05, 0.1) is 7.11 Å². The Morgan fingerprint density at radius 2 is 2.06 bits per heavy atom. The maximum absolute atomic E-state index is 11.7. The zero-order valence-electron chi connectivity index (χ0n) is 9.28. The Labute approximate surface area is 94.0 Å². The van der Waals surface area contributed by atoms with Crippen molar-refractivity contribution in [2.75, 3.05) is 14.2 Å². The number of methoxy groups -OCH3 is 1. The largest absolute Gasteiger partial charge is 0.497 e. The van der Waals surface area contributed by atoms with Crippen LogP contribution in [0.1, 0.15) is 10.4 Å². The summed E-state index contributed by atoms with van der Waals surface area (Å²) in [5, 5.41) is 4.56. The van der Waals surface area contributed by atoms with E-state index in [2.05, 4.69) is 5.32 Å². The molecule has 2 aromatic rings. The third-order valence-corrected chi connectivity index (χ3v) is 2.56. The fraction of sp³-hybridized carbons (Fsp3) is 0.154. The monoisotopic (exact) mass is 215 g/mol. The van der Waals surface area contributed by atoms with E-state index in [1.165, 1.54) is 0 Å². The van der Waals surface area contributed by atoms with Gasteiger partial charge in [-0.25, -0.2) is 0 Å². The van der Waals surface area contributed by atoms with Crippen LogP contribution in [0, 0.1) is 0 Å². The van der Waals surface area contributed by atoms with Crippen molar-refractivity contribution >= 4 is 16.7 Å². The van der Waals surface area contributed by atoms with Gasteiger partial charge in [0, 0.05) is 12.6 Å². The average Bonchev–Trinajstić information content (AvgIpc) is 2.36. The van der Waals surface area contributed by atoms with Crippen LogP contribution in [0.2, 0.25) is 0 Å². The molecule has 0 heterocycles. The molecule has 2 aromatic carbocycles. The summed E-state index contributed by atoms with van der Waals surface area (Å²) in [6, 6.07) is 11.4. The fourth-order valence-corrected chi connectivity index (χ4v) is 1.71. The molecule has 82 valence electrons. The Hall–Kier alpha value is -2.03. The van der Waals surface area contributed by atoms with Crippen LogP contribution < -0.4 is 10.1 Å². The smallest absolute Gasteiger partial charge is 0.251 e. The Morgan fingerprint density at radius 3 is 2.75 bits per heavy atom. The highest BCUT2D eigenvalue weighted by molar-refractivity contribution is 6.07. The second-order valence-electron chi connectivity index (χ2n) is 3.47. The third kappa shape index (κ3) is 1.72. The second kappa shape index (κ2) is 4.23. The molecule has 0 saturated carbocycles. The zero-order valence-corrected chi connectivity index (χ0v) is 9.28. The highest BCUT2D eigenvalue weighted by atomic mass is 16.5. The molecule has 16 heavy (non-hydrogen) atoms. The van der Waals surface area contributed by atoms with Crippen LogP contribution in [0.4, 0.5) is 0 Å². The lowest BCUT2D eigenvalue weighted by atomic mass is 10.0. The SMILES string of the molecule is CNC(=O)c1cccc2ccc(OC)cc12. The number of ether oxygens (including phenoxy) is 1. The van der Waals surface area contributed by atoms with Crippen LogP contribution >= 0.6 is 0 Å². The van der Waals surface area contributed by atoms with Crippen LogP contribution in [-0.2, 0) is 0 Å². The number of carbonyl (C=O) groups excluding carboxylic acids is 1. The molecule has 0 unspecified atom stereocenters. The van der Waals surface area contributed by atoms with E-state index < -0.39 is 0 Å². The van der Waals surface area contributed by atoms with E-state index >= 15 is 0 Å². The number of amides is 1. The summed E-state index contributed by atoms with van der Waals surface area (Å²) in [7, 11) is 3.24. The van der Waals surface area contributed by atoms with Crippen molar-refractivity contribution in [3.63, 3.8) is 0 Å². The molecule has 3 heteroatoms. The summed E-state index contributed by atoms with van der Waals surface area (Å²) in [5.41, 5.74) is 0.666. The maximum Gasteiger partial charge on any atom is 0.251 e. The van der Waals surface area contributed by atoms with E-state index in [4.69, 9.17) is 4.74 Å². The number of benzene rings is 2. The molecule has 0 bridgehead atoms. The predicted molar refractivity (Wildman–Crippen MR) is 63.9 cm³/mol. The van der Waals surface area contributed by atoms with Gasteiger partial charge in [-0.1, -0.05) is 18.2 Å². The highest BCUT2D eigenvalue weighted by Gasteiger charge is 2.08. The van der Waals surface area contributed by atoms with E-state index in [-0.39, 0.29) is 5.91 Å². The molecule has 0 aliphatic heterocycles. The van der Waals surface area contributed by atoms with Crippen molar-refractivity contribution < 1.29 is 9.53 Å². The van der Waals surface area contributed by atoms with Gasteiger partial charge in [0.15, 0.2) is 0 Å². The molecular formula is C13H13NO2. The van der Waals surface area contributed by atoms with Gasteiger partial charge in [-0.2, -0.15) is 0 Å². The van der Waals surface area contributed by atoms with Crippen molar-refractivity contribution in [2.45, 2.75) is 0 Å². The van der Waals surface area contributed by atoms with Gasteiger partial charge in [0.1, 0.15) is 5.75 Å². The van der Waals surface area contributed by atoms with E-state index in [0.717, 1.165) is 16.5 Å². The quantitative estimate of drug-likeness (QED) is 0.834. The van der Waals surface area contributed by atoms with Gasteiger partial charge in [-0.05, 0) is 29.0 Å². The van der Waals surface area contributed by atoms with Crippen LogP contribution in [0.5, 0.6) is 5.75 Å². The molecule has 0 saturated heterocycles. The minimum Gasteiger partial charge on any atom is -0.497 e. The first-order chi connectivity index (χ1) is 7.76. The maximum atomic E-state index is 11.7. The zero-order chi connectivity index (χ0) is 11.5. The van der Waals surface area contributed by atoms with Gasteiger partial charge in [-0.3, -0.25) is 4.79 Å². The molecule has 3 nitrogen and oxygen atoms in total. The molecule has 2 rings (SSSR count). The molecule has 0 fully saturated rings. The molecule has 0 spiro atoms. The van der Waals surface area contributed by atoms with Gasteiger partial charge in [-0.15, -0.1) is 0 Å². The first kappa shape index (κ1) is 10.5. The Balaban J connectivity index is 2.68. The predicted octanol–water partition coefficient (Wildman–Crippen LogP) is 2.21. The van der Waals surface area contributed by atoms with Gasteiger partial charge in [0.2, 0.25) is 0 Å². The molecule has 1 N–H and O–H groups in total. The molecule has 1 amide bonds. The lowest BCUT2D eigenvalue weighted by Gasteiger charge is -2.07. The van der Waals surface area contributed by atoms with Crippen molar-refractivity contribution in [1.29, 1.82) is 0 Å². The molecule has 0 radical (unpaired) electrons. The summed E-state index contributed by atoms with van der Waals surface area (Å²) >= 11 is 0. The molecule has 0 aliphatic rings. The number of hydrogen-bond donors (Lipinski definition) is 1. The Bertz CT molecular complexity index is 534. The van der Waals surface area contributed by atoms with Crippen LogP contribution in [0.15, 0.2) is 36.4 Å². The lowest BCUT2D eigenvalue weighted by Crippen LogP contribution is -2.17. The number of rotatable bonds is 2. The van der Waals surface area contributed by atoms with Crippen LogP contribution in [0.3, 0.4) is 0 Å². The van der Waals surface area contributed by atoms with E-state index in [1.54, 1.807) is 20.2 Å². The lowest BCUT2D eigenvalue weighted by molar-refractivity contribution is 0.0965. The first-order valence-electron chi connectivity index (χ1n) is 5.05. The average molecular weight is 215 g/mol. The number of nitrogens with one attached hydrogen (secondary N) is 1. The van der Waals surface area contributed by atoms with Crippen molar-refractivity contribution in [3.8, 4) is 5.75 Å². The van der Waals surface area contributed by atoms with Crippen molar-refractivity contribution in [1.82, 2.24) is 5.32 Å². The van der Waals surface area contributed by atoms with E-state index in [9.17, 15) is 4.79 Å². The standard InChI is InChI=1S/C13H13NO2/c1-14-13(15)11-5-3-4-9-6-7-10(16-2)8-12(9)11/h3-8H,1-2H3,(H,14,15). The summed E-state index contributed by atoms with van der Waals surface area (Å²) in [5.74, 6) is 0.669. The molecule has 0 atom stereocenters. The van der Waals surface area contributed by atoms with Gasteiger partial charge < -0.3 is 10.1 Å². The number of fused-ring (bicyclic) bond motifs is 1. The summed E-state index contributed by atoms with van der Waals surface area (Å²) < 4.78 is 5.16. The normalized spacial score (nSPS) is 10.1. The highest BCUT2D eigenvalue weighted by Crippen LogP contribution is 2.23. The summed E-state index contributed by atoms with van der Waals surface area (Å²) in [6.07, 6.45) is 0. The summed E-state index contributed by atoms with van der Waals surface area (Å²) in [6.45, 7) is 0. The minimum absolute atomic E-state index is 0.0844. The summed E-state index contributed by atoms with van der Waals surface area (Å²) in [4.78, 5) is 11.7. The topological polar surface area (TPSA) is 38.3 Å². The number of hydrogen-bond acceptors (Lipinski definition) is 2. The van der Waals surface area contributed by atoms with E-state index in [0.29, 0.717) is 5.56 Å². The van der Waals surface area contributed by atoms with Crippen molar-refractivity contribution in [2.24, 2.45) is 0 Å². The van der Waals surface area contributed by atoms with Crippen molar-refractivity contribution in [3.05, 3.63) is 42.0 Å². The molecule has 0 aromatic heterocycles. The van der Waals surface area contributed by atoms with Crippen LogP contribution in [0.25, 0.3) is 10.8 Å². The van der Waals surface area contributed by atoms with Gasteiger partial charge >= 0.3 is 0 Å². The number of carbonyl (C=O) groups is 1.